The van der Waals surface area contributed by atoms with Crippen molar-refractivity contribution in [2.75, 3.05) is 18.4 Å². The topological polar surface area (TPSA) is 83.1 Å². The molecule has 1 fully saturated rings. The van der Waals surface area contributed by atoms with Gasteiger partial charge in [-0.05, 0) is 56.1 Å². The molecule has 1 aromatic carbocycles. The Morgan fingerprint density at radius 2 is 1.82 bits per heavy atom. The fourth-order valence-electron chi connectivity index (χ4n) is 3.19. The van der Waals surface area contributed by atoms with Crippen molar-refractivity contribution in [1.82, 2.24) is 15.6 Å². The van der Waals surface area contributed by atoms with Crippen LogP contribution >= 0.6 is 24.8 Å². The number of carbonyl (C=O) groups is 2. The second kappa shape index (κ2) is 11.0. The molecule has 1 saturated heterocycles. The van der Waals surface area contributed by atoms with Crippen molar-refractivity contribution >= 4 is 42.3 Å². The zero-order chi connectivity index (χ0) is 18.5. The van der Waals surface area contributed by atoms with Crippen LogP contribution in [0.25, 0.3) is 0 Å². The molecule has 3 rings (SSSR count). The lowest BCUT2D eigenvalue weighted by Gasteiger charge is -2.30. The standard InChI is InChI=1S/C20H24N4O2.2ClH/c1-13-4-3-5-16(20(26)23-17-8-11-22-12-14(17)2)18(13)24-19(25)15-6-9-21-10-7-15;;/h3-7,9-10,14,17,22H,8,11-12H2,1-2H3,(H,23,26)(H,24,25);2*1H. The highest BCUT2D eigenvalue weighted by atomic mass is 35.5. The number of piperidine rings is 1. The van der Waals surface area contributed by atoms with Gasteiger partial charge in [0.15, 0.2) is 0 Å². The smallest absolute Gasteiger partial charge is 0.255 e. The molecule has 3 N–H and O–H groups in total. The molecule has 0 aliphatic carbocycles. The molecule has 0 bridgehead atoms. The summed E-state index contributed by atoms with van der Waals surface area (Å²) in [6, 6.07) is 8.88. The van der Waals surface area contributed by atoms with Crippen LogP contribution in [0, 0.1) is 12.8 Å². The summed E-state index contributed by atoms with van der Waals surface area (Å²) in [5, 5.41) is 9.34. The van der Waals surface area contributed by atoms with Crippen LogP contribution in [0.4, 0.5) is 5.69 Å². The van der Waals surface area contributed by atoms with E-state index in [1.165, 1.54) is 0 Å². The van der Waals surface area contributed by atoms with Crippen LogP contribution in [-0.4, -0.2) is 35.9 Å². The summed E-state index contributed by atoms with van der Waals surface area (Å²) in [5.41, 5.74) is 2.38. The van der Waals surface area contributed by atoms with Gasteiger partial charge in [-0.1, -0.05) is 19.1 Å². The quantitative estimate of drug-likeness (QED) is 0.703. The minimum atomic E-state index is -0.258. The van der Waals surface area contributed by atoms with Crippen molar-refractivity contribution in [2.45, 2.75) is 26.3 Å². The molecule has 2 atom stereocenters. The Balaban J connectivity index is 0.00000196. The summed E-state index contributed by atoms with van der Waals surface area (Å²) < 4.78 is 0. The second-order valence-corrected chi connectivity index (χ2v) is 6.74. The van der Waals surface area contributed by atoms with Gasteiger partial charge in [0, 0.05) is 24.0 Å². The number of anilines is 1. The largest absolute Gasteiger partial charge is 0.349 e. The van der Waals surface area contributed by atoms with Gasteiger partial charge >= 0.3 is 0 Å². The minimum absolute atomic E-state index is 0. The first-order chi connectivity index (χ1) is 12.6. The van der Waals surface area contributed by atoms with Crippen LogP contribution in [0.5, 0.6) is 0 Å². The number of nitrogens with zero attached hydrogens (tertiary/aromatic N) is 1. The Hall–Kier alpha value is -2.15. The SMILES string of the molecule is Cc1cccc(C(=O)NC2CCNCC2C)c1NC(=O)c1ccncc1.Cl.Cl. The van der Waals surface area contributed by atoms with Crippen molar-refractivity contribution in [1.29, 1.82) is 0 Å². The monoisotopic (exact) mass is 424 g/mol. The summed E-state index contributed by atoms with van der Waals surface area (Å²) in [4.78, 5) is 29.3. The molecule has 1 aliphatic heterocycles. The van der Waals surface area contributed by atoms with E-state index >= 15 is 0 Å². The van der Waals surface area contributed by atoms with Crippen LogP contribution < -0.4 is 16.0 Å². The minimum Gasteiger partial charge on any atom is -0.349 e. The van der Waals surface area contributed by atoms with E-state index in [9.17, 15) is 9.59 Å². The predicted molar refractivity (Wildman–Crippen MR) is 116 cm³/mol. The van der Waals surface area contributed by atoms with Gasteiger partial charge in [0.1, 0.15) is 0 Å². The number of nitrogens with one attached hydrogen (secondary N) is 3. The van der Waals surface area contributed by atoms with E-state index in [-0.39, 0.29) is 42.7 Å². The van der Waals surface area contributed by atoms with Crippen LogP contribution in [0.2, 0.25) is 0 Å². The molecule has 2 unspecified atom stereocenters. The lowest BCUT2D eigenvalue weighted by molar-refractivity contribution is 0.0915. The van der Waals surface area contributed by atoms with E-state index in [1.807, 2.05) is 19.1 Å². The van der Waals surface area contributed by atoms with E-state index in [0.717, 1.165) is 25.1 Å². The molecule has 1 aromatic heterocycles. The van der Waals surface area contributed by atoms with Gasteiger partial charge in [-0.15, -0.1) is 24.8 Å². The Morgan fingerprint density at radius 1 is 1.11 bits per heavy atom. The number of hydrogen-bond donors (Lipinski definition) is 3. The lowest BCUT2D eigenvalue weighted by atomic mass is 9.94. The molecule has 28 heavy (non-hydrogen) atoms. The van der Waals surface area contributed by atoms with Gasteiger partial charge in [-0.25, -0.2) is 0 Å². The number of aromatic nitrogens is 1. The summed E-state index contributed by atoms with van der Waals surface area (Å²) in [6.07, 6.45) is 4.04. The number of para-hydroxylation sites is 1. The van der Waals surface area contributed by atoms with Crippen LogP contribution in [0.1, 0.15) is 39.6 Å². The van der Waals surface area contributed by atoms with E-state index in [4.69, 9.17) is 0 Å². The predicted octanol–water partition coefficient (Wildman–Crippen LogP) is 3.21. The normalized spacial score (nSPS) is 18.2. The number of benzene rings is 1. The van der Waals surface area contributed by atoms with Crippen LogP contribution in [-0.2, 0) is 0 Å². The molecule has 2 heterocycles. The van der Waals surface area contributed by atoms with Gasteiger partial charge in [0.25, 0.3) is 11.8 Å². The third-order valence-corrected chi connectivity index (χ3v) is 4.80. The average Bonchev–Trinajstić information content (AvgIpc) is 2.65. The molecule has 152 valence electrons. The molecule has 0 radical (unpaired) electrons. The number of halogens is 2. The van der Waals surface area contributed by atoms with Gasteiger partial charge in [0.05, 0.1) is 11.3 Å². The third kappa shape index (κ3) is 5.67. The first-order valence-electron chi connectivity index (χ1n) is 8.89. The Labute approximate surface area is 177 Å². The molecular weight excluding hydrogens is 399 g/mol. The Morgan fingerprint density at radius 3 is 2.50 bits per heavy atom. The van der Waals surface area contributed by atoms with Gasteiger partial charge in [-0.2, -0.15) is 0 Å². The van der Waals surface area contributed by atoms with Gasteiger partial charge < -0.3 is 16.0 Å². The highest BCUT2D eigenvalue weighted by molar-refractivity contribution is 6.09. The number of rotatable bonds is 4. The van der Waals surface area contributed by atoms with Crippen molar-refractivity contribution in [3.05, 3.63) is 59.4 Å². The van der Waals surface area contributed by atoms with Crippen molar-refractivity contribution in [3.8, 4) is 0 Å². The summed E-state index contributed by atoms with van der Waals surface area (Å²) in [5.74, 6) is -0.0455. The summed E-state index contributed by atoms with van der Waals surface area (Å²) in [6.45, 7) is 5.80. The van der Waals surface area contributed by atoms with E-state index in [1.54, 1.807) is 30.6 Å². The van der Waals surface area contributed by atoms with E-state index in [0.29, 0.717) is 22.7 Å². The van der Waals surface area contributed by atoms with Crippen molar-refractivity contribution < 1.29 is 9.59 Å². The van der Waals surface area contributed by atoms with Gasteiger partial charge in [-0.3, -0.25) is 14.6 Å². The van der Waals surface area contributed by atoms with Crippen LogP contribution in [0.15, 0.2) is 42.7 Å². The third-order valence-electron chi connectivity index (χ3n) is 4.80. The molecule has 8 heteroatoms. The number of amides is 2. The molecule has 2 aromatic rings. The van der Waals surface area contributed by atoms with E-state index in [2.05, 4.69) is 27.9 Å². The highest BCUT2D eigenvalue weighted by Gasteiger charge is 2.24. The zero-order valence-corrected chi connectivity index (χ0v) is 17.5. The lowest BCUT2D eigenvalue weighted by Crippen LogP contribution is -2.48. The fraction of sp³-hybridized carbons (Fsp3) is 0.350. The zero-order valence-electron chi connectivity index (χ0n) is 15.9. The molecule has 0 spiro atoms. The van der Waals surface area contributed by atoms with E-state index < -0.39 is 0 Å². The first kappa shape index (κ1) is 23.9. The number of carbonyl (C=O) groups excluding carboxylic acids is 2. The highest BCUT2D eigenvalue weighted by Crippen LogP contribution is 2.22. The summed E-state index contributed by atoms with van der Waals surface area (Å²) in [7, 11) is 0. The molecular formula is C20H26Cl2N4O2. The maximum absolute atomic E-state index is 12.9. The molecule has 2 amide bonds. The number of hydrogen-bond acceptors (Lipinski definition) is 4. The number of pyridine rings is 1. The fourth-order valence-corrected chi connectivity index (χ4v) is 3.19. The van der Waals surface area contributed by atoms with Crippen molar-refractivity contribution in [2.24, 2.45) is 5.92 Å². The Bertz CT molecular complexity index is 802. The summed E-state index contributed by atoms with van der Waals surface area (Å²) >= 11 is 0. The second-order valence-electron chi connectivity index (χ2n) is 6.74. The Kier molecular flexibility index (Phi) is 9.38. The van der Waals surface area contributed by atoms with Crippen LogP contribution in [0.3, 0.4) is 0 Å². The maximum Gasteiger partial charge on any atom is 0.255 e. The van der Waals surface area contributed by atoms with Crippen molar-refractivity contribution in [3.63, 3.8) is 0 Å². The molecule has 0 saturated carbocycles. The maximum atomic E-state index is 12.9. The number of aryl methyl sites for hydroxylation is 1. The molecule has 1 aliphatic rings. The average molecular weight is 425 g/mol. The van der Waals surface area contributed by atoms with Gasteiger partial charge in [0.2, 0.25) is 0 Å². The molecule has 6 nitrogen and oxygen atoms in total. The first-order valence-corrected chi connectivity index (χ1v) is 8.89.